The number of aryl methyl sites for hydroxylation is 1. The van der Waals surface area contributed by atoms with E-state index in [1.165, 1.54) is 11.0 Å². The molecule has 2 aromatic carbocycles. The van der Waals surface area contributed by atoms with Gasteiger partial charge in [0.25, 0.3) is 5.91 Å². The monoisotopic (exact) mass is 446 g/mol. The molecule has 0 bridgehead atoms. The number of carbonyl (C=O) groups is 1. The predicted octanol–water partition coefficient (Wildman–Crippen LogP) is 4.70. The Bertz CT molecular complexity index is 1120. The third-order valence-electron chi connectivity index (χ3n) is 4.73. The van der Waals surface area contributed by atoms with Gasteiger partial charge in [-0.2, -0.15) is 23.7 Å². The maximum atomic E-state index is 14.8. The van der Waals surface area contributed by atoms with E-state index in [0.717, 1.165) is 17.7 Å². The quantitative estimate of drug-likeness (QED) is 0.378. The van der Waals surface area contributed by atoms with Crippen molar-refractivity contribution in [3.63, 3.8) is 0 Å². The Morgan fingerprint density at radius 3 is 2.35 bits per heavy atom. The summed E-state index contributed by atoms with van der Waals surface area (Å²) in [5, 5.41) is 17.3. The number of rotatable bonds is 5. The minimum atomic E-state index is -5.11. The van der Waals surface area contributed by atoms with Crippen LogP contribution in [0.2, 0.25) is 0 Å². The normalized spacial score (nSPS) is 14.0. The van der Waals surface area contributed by atoms with E-state index in [0.29, 0.717) is 29.8 Å². The van der Waals surface area contributed by atoms with Crippen LogP contribution in [0.5, 0.6) is 0 Å². The Balaban J connectivity index is 1.91. The summed E-state index contributed by atoms with van der Waals surface area (Å²) in [6.45, 7) is -0.270. The lowest BCUT2D eigenvalue weighted by molar-refractivity contribution is -0.140. The molecule has 0 atom stereocenters. The molecule has 1 fully saturated rings. The zero-order valence-electron chi connectivity index (χ0n) is 15.9. The zero-order chi connectivity index (χ0) is 22.8. The lowest BCUT2D eigenvalue weighted by Crippen LogP contribution is -2.34. The van der Waals surface area contributed by atoms with Gasteiger partial charge in [-0.1, -0.05) is 12.1 Å². The molecule has 0 aliphatic carbocycles. The molecule has 1 aliphatic rings. The van der Waals surface area contributed by atoms with E-state index < -0.39 is 34.7 Å². The van der Waals surface area contributed by atoms with Crippen molar-refractivity contribution in [3.8, 4) is 12.1 Å². The molecule has 1 saturated heterocycles. The maximum Gasteiger partial charge on any atom is 0.420 e. The molecule has 0 unspecified atom stereocenters. The molecule has 5 nitrogen and oxygen atoms in total. The highest BCUT2D eigenvalue weighted by molar-refractivity contribution is 7.81. The van der Waals surface area contributed by atoms with E-state index in [4.69, 9.17) is 22.7 Å². The second-order valence-corrected chi connectivity index (χ2v) is 7.07. The standard InChI is InChI=1S/C21H14F4N4OS/c22-19-16(9-6-14(11-27)18(19)21(23,24)25)29-17(30)12-28(20(29)31)15-7-4-13(5-8-15)3-1-2-10-26/h4-9H,1-3,12H2. The second-order valence-electron chi connectivity index (χ2n) is 6.71. The highest BCUT2D eigenvalue weighted by atomic mass is 32.1. The summed E-state index contributed by atoms with van der Waals surface area (Å²) >= 11 is 5.26. The van der Waals surface area contributed by atoms with Gasteiger partial charge in [-0.15, -0.1) is 0 Å². The largest absolute Gasteiger partial charge is 0.420 e. The van der Waals surface area contributed by atoms with E-state index in [2.05, 4.69) is 6.07 Å². The number of carbonyl (C=O) groups excluding carboxylic acids is 1. The van der Waals surface area contributed by atoms with Crippen LogP contribution in [0.15, 0.2) is 36.4 Å². The van der Waals surface area contributed by atoms with Crippen LogP contribution in [0.25, 0.3) is 0 Å². The van der Waals surface area contributed by atoms with Crippen LogP contribution in [0.3, 0.4) is 0 Å². The molecule has 0 N–H and O–H groups in total. The first-order valence-electron chi connectivity index (χ1n) is 9.09. The summed E-state index contributed by atoms with van der Waals surface area (Å²) in [7, 11) is 0. The van der Waals surface area contributed by atoms with E-state index in [1.54, 1.807) is 24.3 Å². The van der Waals surface area contributed by atoms with Gasteiger partial charge in [0, 0.05) is 12.1 Å². The summed E-state index contributed by atoms with van der Waals surface area (Å²) in [6.07, 6.45) is -3.29. The van der Waals surface area contributed by atoms with Crippen molar-refractivity contribution in [2.24, 2.45) is 0 Å². The van der Waals surface area contributed by atoms with Gasteiger partial charge in [0.15, 0.2) is 10.9 Å². The first kappa shape index (κ1) is 22.2. The lowest BCUT2D eigenvalue weighted by atomic mass is 10.1. The molecule has 2 aromatic rings. The predicted molar refractivity (Wildman–Crippen MR) is 109 cm³/mol. The van der Waals surface area contributed by atoms with Crippen molar-refractivity contribution >= 4 is 34.6 Å². The summed E-state index contributed by atoms with van der Waals surface area (Å²) in [5.74, 6) is -2.42. The summed E-state index contributed by atoms with van der Waals surface area (Å²) in [6, 6.07) is 12.1. The van der Waals surface area contributed by atoms with Crippen LogP contribution in [0.1, 0.15) is 29.5 Å². The molecular weight excluding hydrogens is 432 g/mol. The van der Waals surface area contributed by atoms with Crippen LogP contribution in [-0.2, 0) is 17.4 Å². The summed E-state index contributed by atoms with van der Waals surface area (Å²) in [4.78, 5) is 14.6. The molecule has 10 heteroatoms. The van der Waals surface area contributed by atoms with Crippen LogP contribution < -0.4 is 9.80 Å². The minimum Gasteiger partial charge on any atom is -0.309 e. The smallest absolute Gasteiger partial charge is 0.309 e. The van der Waals surface area contributed by atoms with Gasteiger partial charge in [0.2, 0.25) is 0 Å². The molecule has 0 aromatic heterocycles. The van der Waals surface area contributed by atoms with Crippen molar-refractivity contribution in [3.05, 3.63) is 58.9 Å². The molecule has 1 heterocycles. The molecule has 0 radical (unpaired) electrons. The number of alkyl halides is 3. The van der Waals surface area contributed by atoms with Gasteiger partial charge in [0.1, 0.15) is 12.1 Å². The van der Waals surface area contributed by atoms with Crippen molar-refractivity contribution in [1.29, 1.82) is 10.5 Å². The Kier molecular flexibility index (Phi) is 6.23. The van der Waals surface area contributed by atoms with Crippen LogP contribution in [0, 0.1) is 28.5 Å². The molecule has 1 amide bonds. The van der Waals surface area contributed by atoms with Gasteiger partial charge in [0.05, 0.1) is 23.4 Å². The van der Waals surface area contributed by atoms with Gasteiger partial charge >= 0.3 is 6.18 Å². The number of benzene rings is 2. The van der Waals surface area contributed by atoms with Gasteiger partial charge < -0.3 is 4.90 Å². The highest BCUT2D eigenvalue weighted by Gasteiger charge is 2.42. The number of hydrogen-bond donors (Lipinski definition) is 0. The molecule has 158 valence electrons. The number of amides is 1. The van der Waals surface area contributed by atoms with E-state index in [1.807, 2.05) is 0 Å². The first-order chi connectivity index (χ1) is 14.7. The van der Waals surface area contributed by atoms with Gasteiger partial charge in [-0.05, 0) is 54.9 Å². The highest BCUT2D eigenvalue weighted by Crippen LogP contribution is 2.39. The summed E-state index contributed by atoms with van der Waals surface area (Å²) in [5.41, 5.74) is -1.77. The number of nitrogens with zero attached hydrogens (tertiary/aromatic N) is 4. The van der Waals surface area contributed by atoms with E-state index in [9.17, 15) is 22.4 Å². The summed E-state index contributed by atoms with van der Waals surface area (Å²) < 4.78 is 54.7. The first-order valence-corrected chi connectivity index (χ1v) is 9.50. The molecule has 1 aliphatic heterocycles. The van der Waals surface area contributed by atoms with Crippen LogP contribution >= 0.6 is 12.2 Å². The molecule has 3 rings (SSSR count). The maximum absolute atomic E-state index is 14.8. The van der Waals surface area contributed by atoms with Crippen LogP contribution in [0.4, 0.5) is 28.9 Å². The number of anilines is 2. The average Bonchev–Trinajstić information content (AvgIpc) is 3.01. The Morgan fingerprint density at radius 2 is 1.77 bits per heavy atom. The fourth-order valence-electron chi connectivity index (χ4n) is 3.26. The van der Waals surface area contributed by atoms with Crippen molar-refractivity contribution < 1.29 is 22.4 Å². The fraction of sp³-hybridized carbons (Fsp3) is 0.238. The molecule has 31 heavy (non-hydrogen) atoms. The van der Waals surface area contributed by atoms with Crippen molar-refractivity contribution in [2.45, 2.75) is 25.4 Å². The number of nitriles is 2. The van der Waals surface area contributed by atoms with Gasteiger partial charge in [-0.25, -0.2) is 4.39 Å². The SMILES string of the molecule is N#CCCCc1ccc(N2CC(=O)N(c3ccc(C#N)c(C(F)(F)F)c3F)C2=S)cc1. The number of halogens is 4. The number of unbranched alkanes of at least 4 members (excludes halogenated alkanes) is 1. The fourth-order valence-corrected chi connectivity index (χ4v) is 3.63. The third kappa shape index (κ3) is 4.35. The van der Waals surface area contributed by atoms with Crippen molar-refractivity contribution in [2.75, 3.05) is 16.3 Å². The average molecular weight is 446 g/mol. The van der Waals surface area contributed by atoms with E-state index in [-0.39, 0.29) is 11.7 Å². The lowest BCUT2D eigenvalue weighted by Gasteiger charge is -2.22. The zero-order valence-corrected chi connectivity index (χ0v) is 16.7. The topological polar surface area (TPSA) is 71.1 Å². The molecule has 0 spiro atoms. The van der Waals surface area contributed by atoms with Crippen LogP contribution in [-0.4, -0.2) is 17.6 Å². The Morgan fingerprint density at radius 1 is 1.10 bits per heavy atom. The molecular formula is C21H14F4N4OS. The van der Waals surface area contributed by atoms with Crippen molar-refractivity contribution in [1.82, 2.24) is 0 Å². The minimum absolute atomic E-state index is 0.168. The Hall–Kier alpha value is -3.50. The third-order valence-corrected chi connectivity index (χ3v) is 5.14. The number of hydrogen-bond acceptors (Lipinski definition) is 4. The second kappa shape index (κ2) is 8.70. The Labute approximate surface area is 180 Å². The number of thiocarbonyl (C=S) groups is 1. The molecule has 0 saturated carbocycles. The van der Waals surface area contributed by atoms with E-state index >= 15 is 0 Å². The van der Waals surface area contributed by atoms with Gasteiger partial charge in [-0.3, -0.25) is 9.69 Å².